The number of hydrogen-bond acceptors (Lipinski definition) is 3. The maximum absolute atomic E-state index is 10.2. The molecule has 5 heteroatoms. The first-order valence-corrected chi connectivity index (χ1v) is 4.96. The van der Waals surface area contributed by atoms with Crippen molar-refractivity contribution < 1.29 is 4.92 Å². The quantitative estimate of drug-likeness (QED) is 0.578. The molecule has 0 N–H and O–H groups in total. The fraction of sp³-hybridized carbons (Fsp3) is 0.182. The summed E-state index contributed by atoms with van der Waals surface area (Å²) in [6.45, 7) is -0.0551. The zero-order chi connectivity index (χ0) is 11.4. The molecule has 0 fully saturated rings. The summed E-state index contributed by atoms with van der Waals surface area (Å²) in [5.74, 6) is 0. The Kier molecular flexibility index (Phi) is 2.95. The van der Waals surface area contributed by atoms with Crippen LogP contribution in [0.25, 0.3) is 5.69 Å². The van der Waals surface area contributed by atoms with Crippen LogP contribution >= 0.6 is 0 Å². The van der Waals surface area contributed by atoms with Crippen molar-refractivity contribution in [3.8, 4) is 5.69 Å². The number of hydrogen-bond donors (Lipinski definition) is 0. The lowest BCUT2D eigenvalue weighted by atomic mass is 10.2. The summed E-state index contributed by atoms with van der Waals surface area (Å²) in [5.41, 5.74) is 1.83. The molecule has 0 atom stereocenters. The summed E-state index contributed by atoms with van der Waals surface area (Å²) in [6, 6.07) is 9.65. The second-order valence-corrected chi connectivity index (χ2v) is 3.44. The number of para-hydroxylation sites is 1. The van der Waals surface area contributed by atoms with E-state index in [1.807, 2.05) is 36.5 Å². The standard InChI is InChI=1S/C11H11N3O2/c15-14(16)7-6-10-8-12-13(9-10)11-4-2-1-3-5-11/h1-5,8-9H,6-7H2. The van der Waals surface area contributed by atoms with Gasteiger partial charge in [-0.05, 0) is 17.7 Å². The van der Waals surface area contributed by atoms with Crippen LogP contribution in [0.1, 0.15) is 5.56 Å². The van der Waals surface area contributed by atoms with Gasteiger partial charge in [-0.2, -0.15) is 5.10 Å². The highest BCUT2D eigenvalue weighted by Gasteiger charge is 2.03. The molecule has 5 nitrogen and oxygen atoms in total. The highest BCUT2D eigenvalue weighted by Crippen LogP contribution is 2.07. The third-order valence-electron chi connectivity index (χ3n) is 2.24. The Morgan fingerprint density at radius 1 is 1.31 bits per heavy atom. The van der Waals surface area contributed by atoms with Crippen molar-refractivity contribution >= 4 is 0 Å². The van der Waals surface area contributed by atoms with E-state index in [4.69, 9.17) is 0 Å². The Morgan fingerprint density at radius 3 is 2.75 bits per heavy atom. The third kappa shape index (κ3) is 2.44. The summed E-state index contributed by atoms with van der Waals surface area (Å²) >= 11 is 0. The van der Waals surface area contributed by atoms with Crippen LogP contribution in [-0.4, -0.2) is 21.2 Å². The molecule has 0 aliphatic carbocycles. The van der Waals surface area contributed by atoms with Crippen molar-refractivity contribution in [1.29, 1.82) is 0 Å². The predicted octanol–water partition coefficient (Wildman–Crippen LogP) is 1.69. The maximum atomic E-state index is 10.2. The second-order valence-electron chi connectivity index (χ2n) is 3.44. The summed E-state index contributed by atoms with van der Waals surface area (Å²) in [6.07, 6.45) is 3.90. The van der Waals surface area contributed by atoms with Crippen molar-refractivity contribution in [3.05, 3.63) is 58.4 Å². The fourth-order valence-electron chi connectivity index (χ4n) is 1.43. The van der Waals surface area contributed by atoms with E-state index < -0.39 is 0 Å². The SMILES string of the molecule is O=[N+]([O-])CCc1cnn(-c2ccccc2)c1. The van der Waals surface area contributed by atoms with E-state index in [2.05, 4.69) is 5.10 Å². The average molecular weight is 217 g/mol. The van der Waals surface area contributed by atoms with Gasteiger partial charge in [0, 0.05) is 17.5 Å². The van der Waals surface area contributed by atoms with Gasteiger partial charge in [0.05, 0.1) is 11.9 Å². The number of nitrogens with zero attached hydrogens (tertiary/aromatic N) is 3. The average Bonchev–Trinajstić information content (AvgIpc) is 2.76. The van der Waals surface area contributed by atoms with Crippen LogP contribution in [0.5, 0.6) is 0 Å². The van der Waals surface area contributed by atoms with E-state index in [9.17, 15) is 10.1 Å². The van der Waals surface area contributed by atoms with Gasteiger partial charge in [-0.3, -0.25) is 10.1 Å². The van der Waals surface area contributed by atoms with E-state index in [1.165, 1.54) is 0 Å². The van der Waals surface area contributed by atoms with Crippen LogP contribution in [0.15, 0.2) is 42.7 Å². The van der Waals surface area contributed by atoms with Crippen molar-refractivity contribution in [2.24, 2.45) is 0 Å². The van der Waals surface area contributed by atoms with Gasteiger partial charge in [-0.25, -0.2) is 4.68 Å². The summed E-state index contributed by atoms with van der Waals surface area (Å²) in [4.78, 5) is 9.91. The van der Waals surface area contributed by atoms with E-state index in [0.29, 0.717) is 6.42 Å². The van der Waals surface area contributed by atoms with Crippen molar-refractivity contribution in [2.75, 3.05) is 6.54 Å². The third-order valence-corrected chi connectivity index (χ3v) is 2.24. The van der Waals surface area contributed by atoms with Crippen LogP contribution in [-0.2, 0) is 6.42 Å². The zero-order valence-electron chi connectivity index (χ0n) is 8.61. The number of rotatable bonds is 4. The topological polar surface area (TPSA) is 61.0 Å². The molecular formula is C11H11N3O2. The van der Waals surface area contributed by atoms with Gasteiger partial charge < -0.3 is 0 Å². The molecule has 2 aromatic rings. The molecule has 2 rings (SSSR count). The van der Waals surface area contributed by atoms with E-state index >= 15 is 0 Å². The van der Waals surface area contributed by atoms with Crippen molar-refractivity contribution in [1.82, 2.24) is 9.78 Å². The molecule has 0 bridgehead atoms. The van der Waals surface area contributed by atoms with Gasteiger partial charge in [0.25, 0.3) is 0 Å². The first-order valence-electron chi connectivity index (χ1n) is 4.96. The minimum absolute atomic E-state index is 0.0551. The Balaban J connectivity index is 2.11. The lowest BCUT2D eigenvalue weighted by molar-refractivity contribution is -0.479. The molecular weight excluding hydrogens is 206 g/mol. The van der Waals surface area contributed by atoms with Crippen LogP contribution in [0.3, 0.4) is 0 Å². The molecule has 0 saturated heterocycles. The molecule has 0 amide bonds. The van der Waals surface area contributed by atoms with Gasteiger partial charge in [0.2, 0.25) is 6.54 Å². The molecule has 1 heterocycles. The minimum atomic E-state index is -0.320. The van der Waals surface area contributed by atoms with Gasteiger partial charge in [0.15, 0.2) is 0 Å². The van der Waals surface area contributed by atoms with Gasteiger partial charge >= 0.3 is 0 Å². The molecule has 0 aliphatic rings. The minimum Gasteiger partial charge on any atom is -0.265 e. The molecule has 1 aromatic heterocycles. The van der Waals surface area contributed by atoms with Crippen LogP contribution in [0.2, 0.25) is 0 Å². The predicted molar refractivity (Wildman–Crippen MR) is 59.1 cm³/mol. The Bertz CT molecular complexity index is 479. The smallest absolute Gasteiger partial charge is 0.208 e. The van der Waals surface area contributed by atoms with Gasteiger partial charge in [-0.1, -0.05) is 18.2 Å². The summed E-state index contributed by atoms with van der Waals surface area (Å²) in [7, 11) is 0. The monoisotopic (exact) mass is 217 g/mol. The Morgan fingerprint density at radius 2 is 2.06 bits per heavy atom. The second kappa shape index (κ2) is 4.57. The zero-order valence-corrected chi connectivity index (χ0v) is 8.61. The van der Waals surface area contributed by atoms with Crippen LogP contribution in [0, 0.1) is 10.1 Å². The number of nitro groups is 1. The summed E-state index contributed by atoms with van der Waals surface area (Å²) < 4.78 is 1.72. The van der Waals surface area contributed by atoms with E-state index in [-0.39, 0.29) is 11.5 Å². The highest BCUT2D eigenvalue weighted by molar-refractivity contribution is 5.30. The Labute approximate surface area is 92.5 Å². The van der Waals surface area contributed by atoms with E-state index in [1.54, 1.807) is 10.9 Å². The largest absolute Gasteiger partial charge is 0.265 e. The molecule has 0 spiro atoms. The van der Waals surface area contributed by atoms with Crippen molar-refractivity contribution in [2.45, 2.75) is 6.42 Å². The first-order chi connectivity index (χ1) is 7.75. The molecule has 0 radical (unpaired) electrons. The molecule has 0 saturated carbocycles. The summed E-state index contributed by atoms with van der Waals surface area (Å²) in [5, 5.41) is 14.4. The number of benzene rings is 1. The van der Waals surface area contributed by atoms with E-state index in [0.717, 1.165) is 11.3 Å². The first kappa shape index (κ1) is 10.4. The maximum Gasteiger partial charge on any atom is 0.208 e. The fourth-order valence-corrected chi connectivity index (χ4v) is 1.43. The molecule has 0 aliphatic heterocycles. The lowest BCUT2D eigenvalue weighted by Gasteiger charge is -1.98. The molecule has 1 aromatic carbocycles. The van der Waals surface area contributed by atoms with Crippen LogP contribution < -0.4 is 0 Å². The lowest BCUT2D eigenvalue weighted by Crippen LogP contribution is -2.03. The van der Waals surface area contributed by atoms with Gasteiger partial charge in [0.1, 0.15) is 0 Å². The highest BCUT2D eigenvalue weighted by atomic mass is 16.6. The Hall–Kier alpha value is -2.17. The van der Waals surface area contributed by atoms with Gasteiger partial charge in [-0.15, -0.1) is 0 Å². The molecule has 82 valence electrons. The van der Waals surface area contributed by atoms with Crippen LogP contribution in [0.4, 0.5) is 0 Å². The molecule has 16 heavy (non-hydrogen) atoms. The molecule has 0 unspecified atom stereocenters. The number of aromatic nitrogens is 2. The normalized spacial score (nSPS) is 10.2. The van der Waals surface area contributed by atoms with Crippen molar-refractivity contribution in [3.63, 3.8) is 0 Å².